The highest BCUT2D eigenvalue weighted by Crippen LogP contribution is 2.35. The van der Waals surface area contributed by atoms with E-state index in [2.05, 4.69) is 24.3 Å². The maximum atomic E-state index is 6.11. The van der Waals surface area contributed by atoms with Crippen molar-refractivity contribution in [2.24, 2.45) is 0 Å². The van der Waals surface area contributed by atoms with E-state index >= 15 is 0 Å². The number of para-hydroxylation sites is 1. The van der Waals surface area contributed by atoms with Gasteiger partial charge in [0, 0.05) is 12.5 Å². The van der Waals surface area contributed by atoms with Crippen LogP contribution in [0.2, 0.25) is 0 Å². The van der Waals surface area contributed by atoms with Crippen molar-refractivity contribution in [3.05, 3.63) is 78.1 Å². The van der Waals surface area contributed by atoms with Crippen LogP contribution in [0.4, 0.5) is 0 Å². The third-order valence-electron chi connectivity index (χ3n) is 4.92. The minimum Gasteiger partial charge on any atom is -0.456 e. The van der Waals surface area contributed by atoms with Crippen LogP contribution in [-0.4, -0.2) is 29.6 Å². The number of epoxide rings is 1. The molecule has 0 saturated carbocycles. The molecule has 2 aromatic heterocycles. The first-order chi connectivity index (χ1) is 13.3. The topological polar surface area (TPSA) is 52.7 Å². The molecule has 0 spiro atoms. The van der Waals surface area contributed by atoms with E-state index in [0.29, 0.717) is 13.2 Å². The summed E-state index contributed by atoms with van der Waals surface area (Å²) in [6.07, 6.45) is -0.0854. The van der Waals surface area contributed by atoms with Crippen LogP contribution in [0, 0.1) is 0 Å². The number of methoxy groups -OCH3 is 1. The van der Waals surface area contributed by atoms with Gasteiger partial charge in [-0.25, -0.2) is 0 Å². The van der Waals surface area contributed by atoms with Gasteiger partial charge in [0.15, 0.2) is 5.76 Å². The smallest absolute Gasteiger partial charge is 0.155 e. The Labute approximate surface area is 157 Å². The molecule has 1 fully saturated rings. The summed E-state index contributed by atoms with van der Waals surface area (Å²) in [4.78, 5) is 0. The second kappa shape index (κ2) is 6.68. The van der Waals surface area contributed by atoms with Gasteiger partial charge in [0.1, 0.15) is 23.7 Å². The molecule has 1 aliphatic rings. The molecule has 3 heterocycles. The van der Waals surface area contributed by atoms with Gasteiger partial charge in [-0.3, -0.25) is 4.68 Å². The van der Waals surface area contributed by atoms with Crippen LogP contribution in [0.3, 0.4) is 0 Å². The Bertz CT molecular complexity index is 1060. The third kappa shape index (κ3) is 3.05. The number of aromatic nitrogens is 2. The second-order valence-corrected chi connectivity index (χ2v) is 6.74. The van der Waals surface area contributed by atoms with Crippen molar-refractivity contribution in [3.8, 4) is 11.5 Å². The number of nitrogens with zero attached hydrogens (tertiary/aromatic N) is 2. The molecule has 2 aromatic carbocycles. The first-order valence-corrected chi connectivity index (χ1v) is 9.07. The summed E-state index contributed by atoms with van der Waals surface area (Å²) < 4.78 is 19.0. The van der Waals surface area contributed by atoms with Crippen LogP contribution < -0.4 is 0 Å². The summed E-state index contributed by atoms with van der Waals surface area (Å²) in [5, 5.41) is 5.94. The van der Waals surface area contributed by atoms with Gasteiger partial charge in [-0.2, -0.15) is 5.10 Å². The van der Waals surface area contributed by atoms with E-state index in [-0.39, 0.29) is 12.2 Å². The maximum Gasteiger partial charge on any atom is 0.155 e. The van der Waals surface area contributed by atoms with E-state index in [9.17, 15) is 0 Å². The number of hydrogen-bond donors (Lipinski definition) is 0. The van der Waals surface area contributed by atoms with Crippen LogP contribution in [0.5, 0.6) is 0 Å². The predicted octanol–water partition coefficient (Wildman–Crippen LogP) is 4.43. The second-order valence-electron chi connectivity index (χ2n) is 6.74. The molecular formula is C22H20N2O3. The molecule has 2 atom stereocenters. The lowest BCUT2D eigenvalue weighted by Crippen LogP contribution is -2.07. The van der Waals surface area contributed by atoms with Gasteiger partial charge < -0.3 is 13.9 Å². The van der Waals surface area contributed by atoms with Gasteiger partial charge in [-0.15, -0.1) is 0 Å². The fourth-order valence-corrected chi connectivity index (χ4v) is 3.50. The summed E-state index contributed by atoms with van der Waals surface area (Å²) in [6, 6.07) is 22.5. The van der Waals surface area contributed by atoms with Crippen LogP contribution in [0.1, 0.15) is 17.4 Å². The fraction of sp³-hybridized carbons (Fsp3) is 0.227. The molecule has 5 rings (SSSR count). The molecule has 27 heavy (non-hydrogen) atoms. The van der Waals surface area contributed by atoms with Gasteiger partial charge in [0.25, 0.3) is 0 Å². The largest absolute Gasteiger partial charge is 0.456 e. The van der Waals surface area contributed by atoms with Gasteiger partial charge >= 0.3 is 0 Å². The van der Waals surface area contributed by atoms with Crippen molar-refractivity contribution in [3.63, 3.8) is 0 Å². The Balaban J connectivity index is 1.55. The number of fused-ring (bicyclic) bond motifs is 1. The molecule has 0 aliphatic carbocycles. The van der Waals surface area contributed by atoms with Crippen molar-refractivity contribution >= 4 is 10.9 Å². The quantitative estimate of drug-likeness (QED) is 0.477. The SMILES string of the molecule is COC(c1ccc(-c2nn(Cc3ccccc3)c3ccccc23)o1)C1CO1. The zero-order valence-corrected chi connectivity index (χ0v) is 15.0. The van der Waals surface area contributed by atoms with Crippen molar-refractivity contribution in [2.75, 3.05) is 13.7 Å². The number of ether oxygens (including phenoxy) is 2. The normalized spacial score (nSPS) is 17.3. The molecule has 0 bridgehead atoms. The molecule has 1 saturated heterocycles. The Morgan fingerprint density at radius 1 is 1.07 bits per heavy atom. The maximum absolute atomic E-state index is 6.11. The van der Waals surface area contributed by atoms with E-state index in [4.69, 9.17) is 19.0 Å². The first kappa shape index (κ1) is 16.3. The van der Waals surface area contributed by atoms with E-state index in [0.717, 1.165) is 28.1 Å². The lowest BCUT2D eigenvalue weighted by molar-refractivity contribution is 0.0592. The van der Waals surface area contributed by atoms with E-state index < -0.39 is 0 Å². The zero-order valence-electron chi connectivity index (χ0n) is 15.0. The molecule has 0 N–H and O–H groups in total. The average Bonchev–Trinajstić information content (AvgIpc) is 3.31. The Hall–Kier alpha value is -2.89. The van der Waals surface area contributed by atoms with Gasteiger partial charge in [-0.05, 0) is 23.8 Å². The predicted molar refractivity (Wildman–Crippen MR) is 102 cm³/mol. The molecule has 4 aromatic rings. The Morgan fingerprint density at radius 3 is 2.63 bits per heavy atom. The molecular weight excluding hydrogens is 340 g/mol. The molecule has 5 nitrogen and oxygen atoms in total. The minimum absolute atomic E-state index is 0.0846. The summed E-state index contributed by atoms with van der Waals surface area (Å²) in [7, 11) is 1.68. The third-order valence-corrected chi connectivity index (χ3v) is 4.92. The highest BCUT2D eigenvalue weighted by Gasteiger charge is 2.36. The molecule has 136 valence electrons. The van der Waals surface area contributed by atoms with Gasteiger partial charge in [0.2, 0.25) is 0 Å². The monoisotopic (exact) mass is 360 g/mol. The highest BCUT2D eigenvalue weighted by molar-refractivity contribution is 5.92. The summed E-state index contributed by atoms with van der Waals surface area (Å²) in [6.45, 7) is 1.43. The van der Waals surface area contributed by atoms with Crippen molar-refractivity contribution in [2.45, 2.75) is 18.8 Å². The van der Waals surface area contributed by atoms with Crippen LogP contribution >= 0.6 is 0 Å². The molecule has 5 heteroatoms. The Morgan fingerprint density at radius 2 is 1.85 bits per heavy atom. The van der Waals surface area contributed by atoms with E-state index in [1.54, 1.807) is 7.11 Å². The highest BCUT2D eigenvalue weighted by atomic mass is 16.6. The standard InChI is InChI=1S/C22H20N2O3/c1-25-22(20-14-26-20)19-12-11-18(27-19)21-16-9-5-6-10-17(16)24(23-21)13-15-7-3-2-4-8-15/h2-12,20,22H,13-14H2,1H3. The Kier molecular flexibility index (Phi) is 4.03. The summed E-state index contributed by atoms with van der Waals surface area (Å²) >= 11 is 0. The van der Waals surface area contributed by atoms with Crippen LogP contribution in [0.15, 0.2) is 71.1 Å². The molecule has 0 radical (unpaired) electrons. The van der Waals surface area contributed by atoms with Crippen molar-refractivity contribution in [1.29, 1.82) is 0 Å². The zero-order chi connectivity index (χ0) is 18.2. The number of benzene rings is 2. The number of furan rings is 1. The van der Waals surface area contributed by atoms with E-state index in [1.165, 1.54) is 5.56 Å². The lowest BCUT2D eigenvalue weighted by Gasteiger charge is -2.08. The fourth-order valence-electron chi connectivity index (χ4n) is 3.50. The van der Waals surface area contributed by atoms with E-state index in [1.807, 2.05) is 47.1 Å². The van der Waals surface area contributed by atoms with Crippen LogP contribution in [-0.2, 0) is 16.0 Å². The molecule has 0 amide bonds. The molecule has 2 unspecified atom stereocenters. The van der Waals surface area contributed by atoms with Gasteiger partial charge in [0.05, 0.1) is 18.7 Å². The summed E-state index contributed by atoms with van der Waals surface area (Å²) in [5.41, 5.74) is 3.14. The minimum atomic E-state index is -0.170. The summed E-state index contributed by atoms with van der Waals surface area (Å²) in [5.74, 6) is 1.52. The molecule has 1 aliphatic heterocycles. The first-order valence-electron chi connectivity index (χ1n) is 9.07. The van der Waals surface area contributed by atoms with Crippen molar-refractivity contribution in [1.82, 2.24) is 9.78 Å². The number of hydrogen-bond acceptors (Lipinski definition) is 4. The van der Waals surface area contributed by atoms with Crippen molar-refractivity contribution < 1.29 is 13.9 Å². The lowest BCUT2D eigenvalue weighted by atomic mass is 10.2. The van der Waals surface area contributed by atoms with Crippen LogP contribution in [0.25, 0.3) is 22.4 Å². The van der Waals surface area contributed by atoms with Gasteiger partial charge in [-0.1, -0.05) is 48.5 Å². The average molecular weight is 360 g/mol. The number of rotatable bonds is 6.